The van der Waals surface area contributed by atoms with Gasteiger partial charge in [0.25, 0.3) is 5.91 Å². The SMILES string of the molecule is COc1cc(C2c3c(oc4ccc(Br)cc4c3=O)C(=O)N2Cc2ccco2)cc(OC)c1OC. The van der Waals surface area contributed by atoms with Crippen molar-refractivity contribution in [3.63, 3.8) is 0 Å². The Morgan fingerprint density at radius 3 is 2.35 bits per heavy atom. The smallest absolute Gasteiger partial charge is 0.291 e. The summed E-state index contributed by atoms with van der Waals surface area (Å²) in [7, 11) is 4.53. The van der Waals surface area contributed by atoms with Crippen LogP contribution < -0.4 is 19.6 Å². The summed E-state index contributed by atoms with van der Waals surface area (Å²) in [6, 6.07) is 11.3. The fraction of sp³-hybridized carbons (Fsp3) is 0.200. The number of ether oxygens (including phenoxy) is 3. The van der Waals surface area contributed by atoms with Crippen molar-refractivity contribution < 1.29 is 27.8 Å². The quantitative estimate of drug-likeness (QED) is 0.352. The summed E-state index contributed by atoms with van der Waals surface area (Å²) in [6.07, 6.45) is 1.53. The Balaban J connectivity index is 1.78. The fourth-order valence-electron chi connectivity index (χ4n) is 4.33. The Kier molecular flexibility index (Phi) is 5.57. The minimum atomic E-state index is -0.763. The number of hydrogen-bond donors (Lipinski definition) is 0. The topological polar surface area (TPSA) is 91.4 Å². The lowest BCUT2D eigenvalue weighted by atomic mass is 9.97. The molecule has 0 saturated carbocycles. The highest BCUT2D eigenvalue weighted by atomic mass is 79.9. The highest BCUT2D eigenvalue weighted by Crippen LogP contribution is 2.45. The second kappa shape index (κ2) is 8.57. The molecule has 0 bridgehead atoms. The molecule has 2 aromatic carbocycles. The molecule has 3 heterocycles. The first-order chi connectivity index (χ1) is 16.5. The zero-order valence-corrected chi connectivity index (χ0v) is 20.2. The lowest BCUT2D eigenvalue weighted by Gasteiger charge is -2.25. The Morgan fingerprint density at radius 2 is 1.74 bits per heavy atom. The molecular formula is C25H20BrNO7. The Bertz CT molecular complexity index is 1430. The van der Waals surface area contributed by atoms with E-state index in [1.165, 1.54) is 27.6 Å². The number of rotatable bonds is 6. The minimum absolute atomic E-state index is 0.00475. The zero-order chi connectivity index (χ0) is 24.0. The summed E-state index contributed by atoms with van der Waals surface area (Å²) in [6.45, 7) is 0.136. The van der Waals surface area contributed by atoms with E-state index >= 15 is 0 Å². The van der Waals surface area contributed by atoms with Gasteiger partial charge in [0.15, 0.2) is 16.9 Å². The van der Waals surface area contributed by atoms with Gasteiger partial charge in [-0.3, -0.25) is 9.59 Å². The van der Waals surface area contributed by atoms with Gasteiger partial charge >= 0.3 is 0 Å². The van der Waals surface area contributed by atoms with Crippen molar-refractivity contribution in [1.29, 1.82) is 0 Å². The third kappa shape index (κ3) is 3.43. The van der Waals surface area contributed by atoms with Crippen molar-refractivity contribution in [3.8, 4) is 17.2 Å². The van der Waals surface area contributed by atoms with Crippen molar-refractivity contribution in [2.75, 3.05) is 21.3 Å². The molecule has 4 aromatic rings. The molecule has 0 fully saturated rings. The molecule has 1 aliphatic rings. The zero-order valence-electron chi connectivity index (χ0n) is 18.6. The van der Waals surface area contributed by atoms with Crippen LogP contribution in [-0.4, -0.2) is 32.1 Å². The van der Waals surface area contributed by atoms with Crippen LogP contribution in [0.15, 0.2) is 66.8 Å². The number of nitrogens with zero attached hydrogens (tertiary/aromatic N) is 1. The average molecular weight is 526 g/mol. The lowest BCUT2D eigenvalue weighted by Crippen LogP contribution is -2.29. The molecule has 1 amide bonds. The molecule has 34 heavy (non-hydrogen) atoms. The number of furan rings is 1. The Morgan fingerprint density at radius 1 is 1.00 bits per heavy atom. The standard InChI is InChI=1S/C25H20BrNO7/c1-30-18-9-13(10-19(31-2)23(18)32-3)21-20-22(28)16-11-14(26)6-7-17(16)34-24(20)25(29)27(21)12-15-5-4-8-33-15/h4-11,21H,12H2,1-3H3. The molecule has 1 aliphatic heterocycles. The van der Waals surface area contributed by atoms with Gasteiger partial charge in [-0.1, -0.05) is 15.9 Å². The molecule has 0 saturated heterocycles. The number of halogens is 1. The van der Waals surface area contributed by atoms with Gasteiger partial charge in [-0.05, 0) is 48.0 Å². The highest BCUT2D eigenvalue weighted by Gasteiger charge is 2.43. The summed E-state index contributed by atoms with van der Waals surface area (Å²) in [5, 5.41) is 0.373. The third-order valence-electron chi connectivity index (χ3n) is 5.84. The largest absolute Gasteiger partial charge is 0.493 e. The van der Waals surface area contributed by atoms with E-state index < -0.39 is 11.9 Å². The van der Waals surface area contributed by atoms with E-state index in [0.29, 0.717) is 39.5 Å². The van der Waals surface area contributed by atoms with E-state index in [4.69, 9.17) is 23.0 Å². The van der Waals surface area contributed by atoms with Crippen LogP contribution in [0.3, 0.4) is 0 Å². The van der Waals surface area contributed by atoms with E-state index in [1.807, 2.05) is 0 Å². The van der Waals surface area contributed by atoms with Crippen LogP contribution in [0.5, 0.6) is 17.2 Å². The molecule has 0 aliphatic carbocycles. The minimum Gasteiger partial charge on any atom is -0.493 e. The van der Waals surface area contributed by atoms with Gasteiger partial charge < -0.3 is 27.9 Å². The number of methoxy groups -OCH3 is 3. The van der Waals surface area contributed by atoms with Crippen LogP contribution in [0.2, 0.25) is 0 Å². The number of amides is 1. The predicted molar refractivity (Wildman–Crippen MR) is 127 cm³/mol. The molecule has 9 heteroatoms. The lowest BCUT2D eigenvalue weighted by molar-refractivity contribution is 0.0701. The van der Waals surface area contributed by atoms with Crippen LogP contribution in [0, 0.1) is 0 Å². The van der Waals surface area contributed by atoms with Crippen LogP contribution >= 0.6 is 15.9 Å². The molecule has 1 atom stereocenters. The summed E-state index contributed by atoms with van der Waals surface area (Å²) >= 11 is 3.41. The van der Waals surface area contributed by atoms with Crippen LogP contribution in [0.4, 0.5) is 0 Å². The summed E-state index contributed by atoms with van der Waals surface area (Å²) in [5.74, 6) is 1.38. The van der Waals surface area contributed by atoms with Crippen LogP contribution in [0.1, 0.15) is 33.5 Å². The molecular weight excluding hydrogens is 506 g/mol. The number of hydrogen-bond acceptors (Lipinski definition) is 7. The van der Waals surface area contributed by atoms with Crippen molar-refractivity contribution in [2.45, 2.75) is 12.6 Å². The molecule has 2 aromatic heterocycles. The summed E-state index contributed by atoms with van der Waals surface area (Å²) < 4.78 is 28.7. The van der Waals surface area contributed by atoms with Crippen molar-refractivity contribution >= 4 is 32.8 Å². The van der Waals surface area contributed by atoms with E-state index in [-0.39, 0.29) is 23.3 Å². The maximum absolute atomic E-state index is 13.7. The maximum atomic E-state index is 13.7. The van der Waals surface area contributed by atoms with Crippen molar-refractivity contribution in [1.82, 2.24) is 4.90 Å². The monoisotopic (exact) mass is 525 g/mol. The summed E-state index contributed by atoms with van der Waals surface area (Å²) in [5.41, 5.74) is 0.904. The normalized spacial score (nSPS) is 15.0. The van der Waals surface area contributed by atoms with E-state index in [0.717, 1.165) is 4.47 Å². The first-order valence-corrected chi connectivity index (χ1v) is 11.2. The molecule has 0 spiro atoms. The fourth-order valence-corrected chi connectivity index (χ4v) is 4.69. The second-order valence-corrected chi connectivity index (χ2v) is 8.60. The first-order valence-electron chi connectivity index (χ1n) is 10.4. The first kappa shape index (κ1) is 22.1. The van der Waals surface area contributed by atoms with Gasteiger partial charge in [0, 0.05) is 4.47 Å². The number of carbonyl (C=O) groups is 1. The highest BCUT2D eigenvalue weighted by molar-refractivity contribution is 9.10. The van der Waals surface area contributed by atoms with Gasteiger partial charge in [-0.25, -0.2) is 0 Å². The summed E-state index contributed by atoms with van der Waals surface area (Å²) in [4.78, 5) is 28.8. The molecule has 5 rings (SSSR count). The Labute approximate surface area is 202 Å². The van der Waals surface area contributed by atoms with Crippen molar-refractivity contribution in [3.05, 3.63) is 86.1 Å². The van der Waals surface area contributed by atoms with Gasteiger partial charge in [0.1, 0.15) is 11.3 Å². The maximum Gasteiger partial charge on any atom is 0.291 e. The third-order valence-corrected chi connectivity index (χ3v) is 6.33. The number of fused-ring (bicyclic) bond motifs is 2. The molecule has 8 nitrogen and oxygen atoms in total. The molecule has 174 valence electrons. The van der Waals surface area contributed by atoms with E-state index in [1.54, 1.807) is 47.4 Å². The predicted octanol–water partition coefficient (Wildman–Crippen LogP) is 4.92. The van der Waals surface area contributed by atoms with Gasteiger partial charge in [-0.2, -0.15) is 0 Å². The molecule has 1 unspecified atom stereocenters. The average Bonchev–Trinajstić information content (AvgIpc) is 3.46. The van der Waals surface area contributed by atoms with E-state index in [9.17, 15) is 9.59 Å². The number of carbonyl (C=O) groups excluding carboxylic acids is 1. The number of benzene rings is 2. The van der Waals surface area contributed by atoms with Crippen LogP contribution in [0.25, 0.3) is 11.0 Å². The molecule has 0 radical (unpaired) electrons. The molecule has 0 N–H and O–H groups in total. The van der Waals surface area contributed by atoms with Gasteiger partial charge in [-0.15, -0.1) is 0 Å². The van der Waals surface area contributed by atoms with E-state index in [2.05, 4.69) is 15.9 Å². The van der Waals surface area contributed by atoms with Gasteiger partial charge in [0.05, 0.1) is 51.1 Å². The Hall–Kier alpha value is -3.72. The van der Waals surface area contributed by atoms with Crippen molar-refractivity contribution in [2.24, 2.45) is 0 Å². The van der Waals surface area contributed by atoms with Crippen LogP contribution in [-0.2, 0) is 6.54 Å². The second-order valence-electron chi connectivity index (χ2n) is 7.69. The van der Waals surface area contributed by atoms with Gasteiger partial charge in [0.2, 0.25) is 11.5 Å².